The number of amides is 1. The van der Waals surface area contributed by atoms with Crippen molar-refractivity contribution in [1.29, 1.82) is 0 Å². The highest BCUT2D eigenvalue weighted by Gasteiger charge is 2.25. The summed E-state index contributed by atoms with van der Waals surface area (Å²) in [6.07, 6.45) is 0. The summed E-state index contributed by atoms with van der Waals surface area (Å²) in [4.78, 5) is 24.8. The molecule has 144 valence electrons. The molecule has 0 saturated carbocycles. The summed E-state index contributed by atoms with van der Waals surface area (Å²) in [5.74, 6) is -0.0874. The number of carbonyl (C=O) groups is 2. The van der Waals surface area contributed by atoms with Crippen molar-refractivity contribution < 1.29 is 14.1 Å². The van der Waals surface area contributed by atoms with Crippen molar-refractivity contribution in [1.82, 2.24) is 5.16 Å². The molecule has 1 aromatic heterocycles. The number of carbonyl (C=O) groups excluding carboxylic acids is 2. The van der Waals surface area contributed by atoms with Crippen LogP contribution in [-0.4, -0.2) is 21.9 Å². The molecule has 3 aromatic rings. The number of halogens is 3. The van der Waals surface area contributed by atoms with Gasteiger partial charge in [-0.15, -0.1) is 0 Å². The van der Waals surface area contributed by atoms with E-state index >= 15 is 0 Å². The Morgan fingerprint density at radius 1 is 1.07 bits per heavy atom. The molecule has 1 heterocycles. The van der Waals surface area contributed by atoms with Crippen molar-refractivity contribution in [2.45, 2.75) is 6.92 Å². The van der Waals surface area contributed by atoms with E-state index < -0.39 is 0 Å². The second kappa shape index (κ2) is 9.01. The molecule has 0 unspecified atom stereocenters. The average molecular weight is 456 g/mol. The molecule has 1 N–H and O–H groups in total. The van der Waals surface area contributed by atoms with Gasteiger partial charge in [-0.3, -0.25) is 9.59 Å². The number of hydrogen-bond acceptors (Lipinski definition) is 5. The van der Waals surface area contributed by atoms with E-state index in [2.05, 4.69) is 10.5 Å². The molecule has 1 amide bonds. The lowest BCUT2D eigenvalue weighted by atomic mass is 10.1. The van der Waals surface area contributed by atoms with Crippen molar-refractivity contribution in [2.75, 3.05) is 11.1 Å². The molecular formula is C19H13Cl3N2O3S. The monoisotopic (exact) mass is 454 g/mol. The predicted molar refractivity (Wildman–Crippen MR) is 114 cm³/mol. The van der Waals surface area contributed by atoms with E-state index in [0.29, 0.717) is 32.1 Å². The van der Waals surface area contributed by atoms with Crippen LogP contribution in [0.15, 0.2) is 47.0 Å². The largest absolute Gasteiger partial charge is 0.360 e. The Bertz CT molecular complexity index is 1020. The number of anilines is 1. The average Bonchev–Trinajstić information content (AvgIpc) is 3.03. The summed E-state index contributed by atoms with van der Waals surface area (Å²) >= 11 is 19.1. The summed E-state index contributed by atoms with van der Waals surface area (Å²) in [6.45, 7) is 1.61. The zero-order valence-corrected chi connectivity index (χ0v) is 17.5. The second-order valence-corrected chi connectivity index (χ2v) is 7.89. The molecule has 0 bridgehead atoms. The summed E-state index contributed by atoms with van der Waals surface area (Å²) in [6, 6.07) is 11.7. The highest BCUT2D eigenvalue weighted by molar-refractivity contribution is 8.14. The van der Waals surface area contributed by atoms with Gasteiger partial charge in [-0.2, -0.15) is 0 Å². The van der Waals surface area contributed by atoms with Crippen molar-refractivity contribution in [2.24, 2.45) is 0 Å². The van der Waals surface area contributed by atoms with Gasteiger partial charge in [-0.05, 0) is 43.3 Å². The fourth-order valence-electron chi connectivity index (χ4n) is 2.44. The van der Waals surface area contributed by atoms with E-state index in [1.165, 1.54) is 0 Å². The predicted octanol–water partition coefficient (Wildman–Crippen LogP) is 6.12. The first kappa shape index (κ1) is 20.7. The minimum Gasteiger partial charge on any atom is -0.360 e. The Kier molecular flexibility index (Phi) is 6.67. The molecule has 0 saturated heterocycles. The maximum atomic E-state index is 12.7. The third-order valence-corrected chi connectivity index (χ3v) is 5.48. The fourth-order valence-corrected chi connectivity index (χ4v) is 3.86. The van der Waals surface area contributed by atoms with E-state index in [1.807, 2.05) is 0 Å². The Hall–Kier alpha value is -1.99. The van der Waals surface area contributed by atoms with Crippen molar-refractivity contribution in [3.63, 3.8) is 0 Å². The molecule has 0 radical (unpaired) electrons. The number of nitrogens with zero attached hydrogens (tertiary/aromatic N) is 1. The molecule has 0 aliphatic rings. The van der Waals surface area contributed by atoms with Crippen molar-refractivity contribution in [3.05, 3.63) is 68.9 Å². The zero-order valence-electron chi connectivity index (χ0n) is 14.5. The minimum absolute atomic E-state index is 0.0816. The summed E-state index contributed by atoms with van der Waals surface area (Å²) in [5.41, 5.74) is 1.49. The van der Waals surface area contributed by atoms with E-state index in [-0.39, 0.29) is 28.0 Å². The lowest BCUT2D eigenvalue weighted by Crippen LogP contribution is -2.15. The van der Waals surface area contributed by atoms with Gasteiger partial charge in [0.25, 0.3) is 0 Å². The van der Waals surface area contributed by atoms with Gasteiger partial charge in [0.1, 0.15) is 11.5 Å². The Labute approximate surface area is 180 Å². The van der Waals surface area contributed by atoms with E-state index in [9.17, 15) is 9.59 Å². The highest BCUT2D eigenvalue weighted by Crippen LogP contribution is 2.37. The van der Waals surface area contributed by atoms with Gasteiger partial charge < -0.3 is 9.84 Å². The van der Waals surface area contributed by atoms with Gasteiger partial charge in [0.15, 0.2) is 0 Å². The molecule has 5 nitrogen and oxygen atoms in total. The molecule has 3 rings (SSSR count). The van der Waals surface area contributed by atoms with Gasteiger partial charge in [-0.1, -0.05) is 57.8 Å². The first-order valence-corrected chi connectivity index (χ1v) is 10.1. The first-order valence-electron chi connectivity index (χ1n) is 8.00. The van der Waals surface area contributed by atoms with Gasteiger partial charge >= 0.3 is 0 Å². The molecule has 0 atom stereocenters. The van der Waals surface area contributed by atoms with Crippen LogP contribution in [0.1, 0.15) is 16.1 Å². The van der Waals surface area contributed by atoms with Crippen LogP contribution in [0.2, 0.25) is 15.1 Å². The molecule has 0 aliphatic heterocycles. The summed E-state index contributed by atoms with van der Waals surface area (Å²) < 4.78 is 5.18. The molecule has 2 aromatic carbocycles. The molecule has 28 heavy (non-hydrogen) atoms. The minimum atomic E-state index is -0.365. The van der Waals surface area contributed by atoms with E-state index in [1.54, 1.807) is 49.4 Å². The van der Waals surface area contributed by atoms with Crippen molar-refractivity contribution >= 4 is 63.3 Å². The molecule has 0 spiro atoms. The Morgan fingerprint density at radius 3 is 2.36 bits per heavy atom. The van der Waals surface area contributed by atoms with Crippen LogP contribution >= 0.6 is 46.6 Å². The number of benzene rings is 2. The van der Waals surface area contributed by atoms with E-state index in [0.717, 1.165) is 11.8 Å². The smallest absolute Gasteiger partial charge is 0.234 e. The lowest BCUT2D eigenvalue weighted by Gasteiger charge is -2.07. The third kappa shape index (κ3) is 4.70. The van der Waals surface area contributed by atoms with Crippen LogP contribution in [0.25, 0.3) is 11.3 Å². The topological polar surface area (TPSA) is 72.2 Å². The van der Waals surface area contributed by atoms with Crippen LogP contribution in [-0.2, 0) is 4.79 Å². The number of hydrogen-bond donors (Lipinski definition) is 1. The zero-order chi connectivity index (χ0) is 20.3. The molecular weight excluding hydrogens is 443 g/mol. The number of aryl methyl sites for hydroxylation is 1. The van der Waals surface area contributed by atoms with Gasteiger partial charge in [-0.25, -0.2) is 0 Å². The molecule has 9 heteroatoms. The van der Waals surface area contributed by atoms with Crippen LogP contribution in [0.5, 0.6) is 0 Å². The SMILES string of the molecule is Cc1onc(-c2c(Cl)cccc2Cl)c1C(=O)SCC(=O)Nc1ccc(Cl)cc1. The van der Waals surface area contributed by atoms with Crippen molar-refractivity contribution in [3.8, 4) is 11.3 Å². The number of rotatable bonds is 5. The quantitative estimate of drug-likeness (QED) is 0.501. The molecule has 0 aliphatic carbocycles. The lowest BCUT2D eigenvalue weighted by molar-refractivity contribution is -0.113. The van der Waals surface area contributed by atoms with Crippen LogP contribution < -0.4 is 5.32 Å². The van der Waals surface area contributed by atoms with Crippen LogP contribution in [0.3, 0.4) is 0 Å². The fraction of sp³-hybridized carbons (Fsp3) is 0.105. The standard InChI is InChI=1S/C19H13Cl3N2O3S/c1-10-16(18(24-27-10)17-13(21)3-2-4-14(17)22)19(26)28-9-15(25)23-12-7-5-11(20)6-8-12/h2-8H,9H2,1H3,(H,23,25). The summed E-state index contributed by atoms with van der Waals surface area (Å²) in [5, 5.41) is 7.53. The summed E-state index contributed by atoms with van der Waals surface area (Å²) in [7, 11) is 0. The van der Waals surface area contributed by atoms with E-state index in [4.69, 9.17) is 39.3 Å². The van der Waals surface area contributed by atoms with Gasteiger partial charge in [0.05, 0.1) is 21.4 Å². The number of aromatic nitrogens is 1. The Morgan fingerprint density at radius 2 is 1.71 bits per heavy atom. The highest BCUT2D eigenvalue weighted by atomic mass is 35.5. The Balaban J connectivity index is 1.74. The normalized spacial score (nSPS) is 10.7. The van der Waals surface area contributed by atoms with Gasteiger partial charge in [0.2, 0.25) is 11.0 Å². The van der Waals surface area contributed by atoms with Gasteiger partial charge in [0, 0.05) is 16.3 Å². The van der Waals surface area contributed by atoms with Crippen LogP contribution in [0.4, 0.5) is 5.69 Å². The first-order chi connectivity index (χ1) is 13.4. The molecule has 0 fully saturated rings. The number of nitrogens with one attached hydrogen (secondary N) is 1. The number of thioether (sulfide) groups is 1. The van der Waals surface area contributed by atoms with Crippen LogP contribution in [0, 0.1) is 6.92 Å². The maximum absolute atomic E-state index is 12.7. The maximum Gasteiger partial charge on any atom is 0.234 e. The second-order valence-electron chi connectivity index (χ2n) is 5.69. The third-order valence-electron chi connectivity index (χ3n) is 3.73.